The highest BCUT2D eigenvalue weighted by molar-refractivity contribution is 5.73. The van der Waals surface area contributed by atoms with Crippen LogP contribution in [0, 0.1) is 68.4 Å². The molecule has 1 aromatic carbocycles. The Hall–Kier alpha value is -2.62. The molecule has 3 N–H and O–H groups in total. The molecule has 7 rings (SSSR count). The Balaban J connectivity index is 1.40. The minimum absolute atomic E-state index is 0.174. The topological polar surface area (TPSA) is 112 Å². The van der Waals surface area contributed by atoms with Gasteiger partial charge in [-0.2, -0.15) is 5.10 Å². The summed E-state index contributed by atoms with van der Waals surface area (Å²) >= 11 is 0. The summed E-state index contributed by atoms with van der Waals surface area (Å²) in [6, 6.07) is 6.38. The van der Waals surface area contributed by atoms with Crippen molar-refractivity contribution >= 4 is 5.97 Å². The lowest BCUT2D eigenvalue weighted by molar-refractivity contribution is -0.254. The lowest BCUT2D eigenvalue weighted by Crippen LogP contribution is -2.70. The van der Waals surface area contributed by atoms with E-state index in [0.717, 1.165) is 32.1 Å². The van der Waals surface area contributed by atoms with Crippen LogP contribution in [0.25, 0.3) is 11.4 Å². The molecular weight excluding hydrogens is 668 g/mol. The molecule has 12 atom stereocenters. The number of allylic oxidation sites excluding steroid dienone is 1. The van der Waals surface area contributed by atoms with E-state index in [2.05, 4.69) is 75.3 Å². The SMILES string of the molecule is CC(C)[C@@H](C)[C@@]1(C)CC[C@]2(C)[C@H]3CC[C@@H]4[C@@]5(C)COC[C@@]4(C3=CC[C@@]2(C)[C@@H]1C(=O)O)[C@@H](OC[C@](C)(N)C(C)C)[C@H](n1ncnc1-c1cccc(F)c1)C5. The van der Waals surface area contributed by atoms with Gasteiger partial charge >= 0.3 is 5.97 Å². The van der Waals surface area contributed by atoms with Crippen LogP contribution >= 0.6 is 0 Å². The lowest BCUT2D eigenvalue weighted by Gasteiger charge is -2.71. The van der Waals surface area contributed by atoms with Gasteiger partial charge in [0.05, 0.1) is 37.9 Å². The minimum atomic E-state index is -0.656. The Morgan fingerprint density at radius 1 is 1.11 bits per heavy atom. The number of carbonyl (C=O) groups is 1. The van der Waals surface area contributed by atoms with Crippen molar-refractivity contribution in [3.63, 3.8) is 0 Å². The van der Waals surface area contributed by atoms with Gasteiger partial charge in [0.2, 0.25) is 0 Å². The third-order valence-corrected chi connectivity index (χ3v) is 16.9. The summed E-state index contributed by atoms with van der Waals surface area (Å²) in [7, 11) is 0. The van der Waals surface area contributed by atoms with E-state index in [-0.39, 0.29) is 52.0 Å². The van der Waals surface area contributed by atoms with Crippen molar-refractivity contribution in [1.29, 1.82) is 0 Å². The van der Waals surface area contributed by atoms with E-state index < -0.39 is 28.3 Å². The average molecular weight is 733 g/mol. The van der Waals surface area contributed by atoms with Crippen LogP contribution in [-0.2, 0) is 14.3 Å². The second kappa shape index (κ2) is 13.0. The monoisotopic (exact) mass is 732 g/mol. The van der Waals surface area contributed by atoms with Crippen molar-refractivity contribution in [3.05, 3.63) is 48.1 Å². The van der Waals surface area contributed by atoms with Crippen LogP contribution in [-0.4, -0.2) is 57.3 Å². The highest BCUT2D eigenvalue weighted by atomic mass is 19.1. The van der Waals surface area contributed by atoms with E-state index >= 15 is 0 Å². The number of nitrogens with zero attached hydrogens (tertiary/aromatic N) is 3. The van der Waals surface area contributed by atoms with Gasteiger partial charge in [0.1, 0.15) is 12.1 Å². The molecule has 53 heavy (non-hydrogen) atoms. The van der Waals surface area contributed by atoms with Crippen LogP contribution in [0.5, 0.6) is 0 Å². The van der Waals surface area contributed by atoms with Crippen molar-refractivity contribution in [1.82, 2.24) is 14.8 Å². The minimum Gasteiger partial charge on any atom is -0.481 e. The molecule has 1 aromatic heterocycles. The molecule has 2 bridgehead atoms. The van der Waals surface area contributed by atoms with Crippen LogP contribution in [0.4, 0.5) is 4.39 Å². The van der Waals surface area contributed by atoms with Crippen LogP contribution in [0.2, 0.25) is 0 Å². The van der Waals surface area contributed by atoms with Gasteiger partial charge in [-0.1, -0.05) is 86.1 Å². The number of aromatic nitrogens is 3. The smallest absolute Gasteiger partial charge is 0.307 e. The normalized spacial score (nSPS) is 41.2. The number of ether oxygens (including phenoxy) is 2. The maximum absolute atomic E-state index is 14.6. The Kier molecular flexibility index (Phi) is 9.46. The third-order valence-electron chi connectivity index (χ3n) is 16.9. The number of rotatable bonds is 9. The van der Waals surface area contributed by atoms with Gasteiger partial charge in [0.25, 0.3) is 0 Å². The van der Waals surface area contributed by atoms with Crippen LogP contribution < -0.4 is 5.73 Å². The number of aliphatic carboxylic acids is 1. The number of nitrogens with two attached hydrogens (primary N) is 1. The lowest BCUT2D eigenvalue weighted by atomic mass is 9.34. The summed E-state index contributed by atoms with van der Waals surface area (Å²) in [5, 5.41) is 16.1. The molecule has 9 heteroatoms. The largest absolute Gasteiger partial charge is 0.481 e. The Morgan fingerprint density at radius 2 is 1.85 bits per heavy atom. The standard InChI is InChI=1S/C44H65FN4O4/c1-26(2)28(5)40(7)18-19-41(8)31-14-15-34-39(6)21-33(49-37(47-25-48-49)29-12-11-13-30(45)20-29)36(53-23-43(10,46)27(3)4)44(34,24-52-22-39)32(31)16-17-42(41,9)35(40)38(50)51/h11-13,16,20,25-28,31,33-36H,14-15,17-19,21-24,46H2,1-10H3,(H,50,51)/t28-,31+,33-,34-,35-,36+,39-,40-,41-,42+,43+,44+/m1/s1. The summed E-state index contributed by atoms with van der Waals surface area (Å²) < 4.78 is 30.7. The molecule has 4 aliphatic carbocycles. The molecule has 3 saturated carbocycles. The van der Waals surface area contributed by atoms with Crippen molar-refractivity contribution in [2.75, 3.05) is 19.8 Å². The Morgan fingerprint density at radius 3 is 2.51 bits per heavy atom. The number of hydrogen-bond acceptors (Lipinski definition) is 6. The summed E-state index contributed by atoms with van der Waals surface area (Å²) in [5.41, 5.74) is 6.84. The zero-order chi connectivity index (χ0) is 38.5. The van der Waals surface area contributed by atoms with Gasteiger partial charge in [0.15, 0.2) is 5.82 Å². The van der Waals surface area contributed by atoms with Gasteiger partial charge < -0.3 is 20.3 Å². The zero-order valence-corrected chi connectivity index (χ0v) is 33.9. The molecule has 0 spiro atoms. The first-order chi connectivity index (χ1) is 24.8. The predicted octanol–water partition coefficient (Wildman–Crippen LogP) is 8.97. The molecule has 1 aliphatic heterocycles. The van der Waals surface area contributed by atoms with Gasteiger partial charge in [-0.05, 0) is 109 Å². The molecule has 8 nitrogen and oxygen atoms in total. The first kappa shape index (κ1) is 38.6. The molecule has 292 valence electrons. The van der Waals surface area contributed by atoms with Gasteiger partial charge in [-0.15, -0.1) is 0 Å². The Labute approximate surface area is 316 Å². The number of hydrogen-bond donors (Lipinski definition) is 2. The van der Waals surface area contributed by atoms with E-state index in [1.807, 2.05) is 10.7 Å². The van der Waals surface area contributed by atoms with Gasteiger partial charge in [-0.3, -0.25) is 4.79 Å². The van der Waals surface area contributed by atoms with E-state index in [9.17, 15) is 14.3 Å². The second-order valence-corrected chi connectivity index (χ2v) is 20.1. The van der Waals surface area contributed by atoms with Crippen LogP contribution in [0.3, 0.4) is 0 Å². The highest BCUT2D eigenvalue weighted by Crippen LogP contribution is 2.75. The zero-order valence-electron chi connectivity index (χ0n) is 33.9. The van der Waals surface area contributed by atoms with E-state index in [0.29, 0.717) is 49.5 Å². The molecule has 0 radical (unpaired) electrons. The van der Waals surface area contributed by atoms with Crippen LogP contribution in [0.15, 0.2) is 42.2 Å². The molecule has 4 fully saturated rings. The van der Waals surface area contributed by atoms with E-state index in [4.69, 9.17) is 25.3 Å². The molecule has 1 saturated heterocycles. The van der Waals surface area contributed by atoms with Crippen molar-refractivity contribution in [2.24, 2.45) is 68.3 Å². The van der Waals surface area contributed by atoms with E-state index in [1.165, 1.54) is 17.7 Å². The number of halogens is 1. The highest BCUT2D eigenvalue weighted by Gasteiger charge is 2.72. The molecule has 2 heterocycles. The Bertz CT molecular complexity index is 1760. The number of carboxylic acids is 1. The van der Waals surface area contributed by atoms with Crippen molar-refractivity contribution in [3.8, 4) is 11.4 Å². The summed E-state index contributed by atoms with van der Waals surface area (Å²) in [5.74, 6) is 0.519. The van der Waals surface area contributed by atoms with Gasteiger partial charge in [0, 0.05) is 16.5 Å². The quantitative estimate of drug-likeness (QED) is 0.248. The van der Waals surface area contributed by atoms with E-state index in [1.54, 1.807) is 12.4 Å². The molecule has 5 aliphatic rings. The average Bonchev–Trinajstić information content (AvgIpc) is 3.57. The fourth-order valence-electron chi connectivity index (χ4n) is 12.9. The summed E-state index contributed by atoms with van der Waals surface area (Å²) in [4.78, 5) is 18.3. The summed E-state index contributed by atoms with van der Waals surface area (Å²) in [6.07, 6.45) is 9.10. The first-order valence-electron chi connectivity index (χ1n) is 20.3. The molecule has 0 unspecified atom stereocenters. The summed E-state index contributed by atoms with van der Waals surface area (Å²) in [6.45, 7) is 24.0. The maximum Gasteiger partial charge on any atom is 0.307 e. The fourth-order valence-corrected chi connectivity index (χ4v) is 12.9. The van der Waals surface area contributed by atoms with Crippen LogP contribution in [0.1, 0.15) is 114 Å². The first-order valence-corrected chi connectivity index (χ1v) is 20.3. The number of benzene rings is 1. The number of carboxylic acid groups (broad SMARTS) is 1. The predicted molar refractivity (Wildman–Crippen MR) is 205 cm³/mol. The second-order valence-electron chi connectivity index (χ2n) is 20.1. The van der Waals surface area contributed by atoms with Crippen molar-refractivity contribution in [2.45, 2.75) is 125 Å². The molecule has 2 aromatic rings. The maximum atomic E-state index is 14.6. The molecule has 0 amide bonds. The molecular formula is C44H65FN4O4. The van der Waals surface area contributed by atoms with Gasteiger partial charge in [-0.25, -0.2) is 14.1 Å². The third kappa shape index (κ3) is 5.55. The van der Waals surface area contributed by atoms with Crippen molar-refractivity contribution < 1.29 is 23.8 Å². The fraction of sp³-hybridized carbons (Fsp3) is 0.750. The number of fused-ring (bicyclic) bond motifs is 3.